The maximum absolute atomic E-state index is 14.2. The van der Waals surface area contributed by atoms with Gasteiger partial charge in [-0.2, -0.15) is 0 Å². The lowest BCUT2D eigenvalue weighted by atomic mass is 9.49. The van der Waals surface area contributed by atoms with Crippen molar-refractivity contribution in [3.05, 3.63) is 46.5 Å². The van der Waals surface area contributed by atoms with Gasteiger partial charge in [0.2, 0.25) is 5.91 Å². The molecule has 5 rings (SSSR count). The minimum absolute atomic E-state index is 0.0164. The summed E-state index contributed by atoms with van der Waals surface area (Å²) in [5.74, 6) is -11.4. The van der Waals surface area contributed by atoms with Crippen molar-refractivity contribution in [2.24, 2.45) is 46.7 Å². The maximum atomic E-state index is 14.2. The molecule has 1 aromatic carbocycles. The molecule has 224 valence electrons. The van der Waals surface area contributed by atoms with E-state index in [-0.39, 0.29) is 29.6 Å². The van der Waals surface area contributed by atoms with Crippen molar-refractivity contribution in [1.29, 1.82) is 0 Å². The Hall–Kier alpha value is -3.43. The summed E-state index contributed by atoms with van der Waals surface area (Å²) in [6.07, 6.45) is 7.06. The number of nitrogens with one attached hydrogen (secondary N) is 1. The van der Waals surface area contributed by atoms with E-state index < -0.39 is 70.1 Å². The van der Waals surface area contributed by atoms with E-state index in [1.165, 1.54) is 0 Å². The number of rotatable bonds is 6. The molecule has 4 aliphatic rings. The smallest absolute Gasteiger partial charge is 0.235 e. The van der Waals surface area contributed by atoms with E-state index >= 15 is 0 Å². The zero-order chi connectivity index (χ0) is 30.9. The second-order valence-corrected chi connectivity index (χ2v) is 13.9. The normalized spacial score (nSPS) is 30.7. The Morgan fingerprint density at radius 3 is 2.43 bits per heavy atom. The minimum Gasteiger partial charge on any atom is -0.507 e. The van der Waals surface area contributed by atoms with Crippen LogP contribution in [0.4, 0.5) is 0 Å². The predicted molar refractivity (Wildman–Crippen MR) is 155 cm³/mol. The average molecular weight is 577 g/mol. The van der Waals surface area contributed by atoms with E-state index in [1.54, 1.807) is 13.8 Å². The quantitative estimate of drug-likeness (QED) is 0.376. The number of hydrogen-bond donors (Lipinski definition) is 4. The van der Waals surface area contributed by atoms with Gasteiger partial charge in [-0.05, 0) is 59.3 Å². The summed E-state index contributed by atoms with van der Waals surface area (Å²) < 4.78 is 0. The van der Waals surface area contributed by atoms with Crippen molar-refractivity contribution in [3.8, 4) is 5.75 Å². The molecule has 1 amide bonds. The lowest BCUT2D eigenvalue weighted by molar-refractivity contribution is -0.182. The highest BCUT2D eigenvalue weighted by Gasteiger charge is 2.69. The first kappa shape index (κ1) is 30.0. The van der Waals surface area contributed by atoms with Crippen LogP contribution in [0.5, 0.6) is 5.75 Å². The predicted octanol–water partition coefficient (Wildman–Crippen LogP) is 2.69. The van der Waals surface area contributed by atoms with Crippen molar-refractivity contribution >= 4 is 34.6 Å². The van der Waals surface area contributed by atoms with Gasteiger partial charge in [0.1, 0.15) is 5.75 Å². The van der Waals surface area contributed by atoms with Crippen LogP contribution < -0.4 is 11.1 Å². The molecule has 4 aliphatic carbocycles. The number of nitrogens with two attached hydrogens (primary N) is 1. The number of primary amides is 1. The van der Waals surface area contributed by atoms with Gasteiger partial charge in [0.15, 0.2) is 34.7 Å². The molecule has 0 spiro atoms. The van der Waals surface area contributed by atoms with Crippen LogP contribution in [0.1, 0.15) is 74.5 Å². The molecule has 0 bridgehead atoms. The van der Waals surface area contributed by atoms with Gasteiger partial charge in [-0.25, -0.2) is 0 Å². The zero-order valence-electron chi connectivity index (χ0n) is 24.8. The fraction of sp³-hybridized carbons (Fsp3) is 0.545. The minimum atomic E-state index is -2.70. The maximum Gasteiger partial charge on any atom is 0.235 e. The molecular formula is C33H40N2O7. The fourth-order valence-electron chi connectivity index (χ4n) is 7.60. The van der Waals surface area contributed by atoms with Gasteiger partial charge in [-0.15, -0.1) is 0 Å². The highest BCUT2D eigenvalue weighted by atomic mass is 16.3. The Bertz CT molecular complexity index is 1460. The number of allylic oxidation sites excluding steroid dienone is 4. The number of amides is 1. The number of phenolic OH excluding ortho intramolecular Hbond substituents is 1. The van der Waals surface area contributed by atoms with Crippen molar-refractivity contribution in [2.75, 3.05) is 6.54 Å². The highest BCUT2D eigenvalue weighted by molar-refractivity contribution is 6.32. The molecule has 9 heteroatoms. The number of carbonyl (C=O) groups excluding carboxylic acids is 5. The van der Waals surface area contributed by atoms with Crippen LogP contribution >= 0.6 is 0 Å². The first-order valence-corrected chi connectivity index (χ1v) is 14.7. The van der Waals surface area contributed by atoms with E-state index in [0.29, 0.717) is 24.2 Å². The lowest BCUT2D eigenvalue weighted by Gasteiger charge is -2.52. The van der Waals surface area contributed by atoms with Crippen LogP contribution in [0.25, 0.3) is 5.57 Å². The van der Waals surface area contributed by atoms with Gasteiger partial charge >= 0.3 is 0 Å². The third-order valence-electron chi connectivity index (χ3n) is 9.44. The monoisotopic (exact) mass is 576 g/mol. The zero-order valence-corrected chi connectivity index (χ0v) is 24.8. The first-order valence-electron chi connectivity index (χ1n) is 14.7. The van der Waals surface area contributed by atoms with Crippen LogP contribution in [0.15, 0.2) is 24.3 Å². The molecular weight excluding hydrogens is 536 g/mol. The van der Waals surface area contributed by atoms with Gasteiger partial charge in [0, 0.05) is 30.5 Å². The standard InChI is InChI=1S/C33H40N2O7/c1-15(2)22-21-12-17-10-20-19(16-8-6-7-9-16)11-18(13-35-14-32(3,4)5)26(36)24(20)28(38)23(17)29(39)33(21,42)30(40)25(27(22)37)31(34)41/h6,8-9,11,15,17,21-23,25,35-36,42H,7,10,12-14H2,1-5H3,(H2,34,41)/t17-,21-,22-,23?,25?,33-/m0/s1. The van der Waals surface area contributed by atoms with Crippen LogP contribution in [0.2, 0.25) is 0 Å². The molecule has 42 heavy (non-hydrogen) atoms. The average Bonchev–Trinajstić information content (AvgIpc) is 3.41. The van der Waals surface area contributed by atoms with Crippen LogP contribution in [0, 0.1) is 40.9 Å². The van der Waals surface area contributed by atoms with Crippen LogP contribution in [0.3, 0.4) is 0 Å². The molecule has 0 heterocycles. The summed E-state index contributed by atoms with van der Waals surface area (Å²) in [6, 6.07) is 1.89. The van der Waals surface area contributed by atoms with Crippen molar-refractivity contribution in [3.63, 3.8) is 0 Å². The number of aromatic hydroxyl groups is 1. The van der Waals surface area contributed by atoms with Gasteiger partial charge in [-0.1, -0.05) is 52.8 Å². The molecule has 0 aliphatic heterocycles. The fourth-order valence-corrected chi connectivity index (χ4v) is 7.60. The topological polar surface area (TPSA) is 164 Å². The number of ketones is 4. The molecule has 9 nitrogen and oxygen atoms in total. The summed E-state index contributed by atoms with van der Waals surface area (Å²) in [5.41, 5.74) is 5.59. The van der Waals surface area contributed by atoms with Crippen molar-refractivity contribution in [1.82, 2.24) is 5.32 Å². The second kappa shape index (κ2) is 10.4. The van der Waals surface area contributed by atoms with E-state index in [9.17, 15) is 34.2 Å². The Morgan fingerprint density at radius 1 is 1.17 bits per heavy atom. The summed E-state index contributed by atoms with van der Waals surface area (Å²) in [7, 11) is 0. The van der Waals surface area contributed by atoms with E-state index in [4.69, 9.17) is 5.73 Å². The van der Waals surface area contributed by atoms with Crippen molar-refractivity contribution in [2.45, 2.75) is 66.0 Å². The van der Waals surface area contributed by atoms with E-state index in [0.717, 1.165) is 17.6 Å². The molecule has 2 fully saturated rings. The SMILES string of the molecule is CC(C)[C@@H]1C(=O)C(C(N)=O)C(=O)[C@@]2(O)C(=O)C3C(=O)c4c(O)c(CNCC(C)(C)C)cc(C5=CCC=C5)c4C[C@H]3C[C@@H]12. The van der Waals surface area contributed by atoms with Crippen LogP contribution in [-0.4, -0.2) is 51.4 Å². The van der Waals surface area contributed by atoms with Gasteiger partial charge in [-0.3, -0.25) is 24.0 Å². The second-order valence-electron chi connectivity index (χ2n) is 13.9. The number of aliphatic hydroxyl groups is 1. The number of fused-ring (bicyclic) bond motifs is 3. The summed E-state index contributed by atoms with van der Waals surface area (Å²) in [6.45, 7) is 10.7. The number of benzene rings is 1. The third-order valence-corrected chi connectivity index (χ3v) is 9.44. The summed E-state index contributed by atoms with van der Waals surface area (Å²) in [4.78, 5) is 67.4. The molecule has 0 radical (unpaired) electrons. The highest BCUT2D eigenvalue weighted by Crippen LogP contribution is 2.54. The largest absolute Gasteiger partial charge is 0.507 e. The Balaban J connectivity index is 1.63. The molecule has 6 atom stereocenters. The third kappa shape index (κ3) is 4.57. The first-order chi connectivity index (χ1) is 19.6. The Labute approximate surface area is 245 Å². The van der Waals surface area contributed by atoms with Gasteiger partial charge in [0.05, 0.1) is 11.5 Å². The summed E-state index contributed by atoms with van der Waals surface area (Å²) >= 11 is 0. The molecule has 0 aromatic heterocycles. The molecule has 2 unspecified atom stereocenters. The lowest BCUT2D eigenvalue weighted by Crippen LogP contribution is -2.71. The Morgan fingerprint density at radius 2 is 1.86 bits per heavy atom. The van der Waals surface area contributed by atoms with Gasteiger partial charge in [0.25, 0.3) is 0 Å². The molecule has 2 saturated carbocycles. The number of phenols is 1. The Kier molecular flexibility index (Phi) is 7.43. The molecule has 0 saturated heterocycles. The van der Waals surface area contributed by atoms with E-state index in [2.05, 4.69) is 26.1 Å². The number of carbonyl (C=O) groups is 5. The van der Waals surface area contributed by atoms with Gasteiger partial charge < -0.3 is 21.3 Å². The molecule has 5 N–H and O–H groups in total. The summed E-state index contributed by atoms with van der Waals surface area (Å²) in [5, 5.41) is 26.6. The van der Waals surface area contributed by atoms with E-state index in [1.807, 2.05) is 24.3 Å². The van der Waals surface area contributed by atoms with Crippen molar-refractivity contribution < 1.29 is 34.2 Å². The van der Waals surface area contributed by atoms with Crippen LogP contribution in [-0.2, 0) is 32.1 Å². The number of hydrogen-bond acceptors (Lipinski definition) is 8. The number of Topliss-reactive ketones (excluding diaryl/α,β-unsaturated/α-hetero) is 4. The molecule has 1 aromatic rings.